The monoisotopic (exact) mass is 209 g/mol. The Morgan fingerprint density at radius 3 is 2.15 bits per heavy atom. The van der Waals surface area contributed by atoms with Crippen molar-refractivity contribution >= 4 is 10.0 Å². The quantitative estimate of drug-likeness (QED) is 0.609. The highest BCUT2D eigenvalue weighted by molar-refractivity contribution is 7.89. The Kier molecular flexibility index (Phi) is 3.28. The van der Waals surface area contributed by atoms with Gasteiger partial charge in [0, 0.05) is 13.1 Å². The van der Waals surface area contributed by atoms with Crippen LogP contribution < -0.4 is 0 Å². The van der Waals surface area contributed by atoms with E-state index in [1.165, 1.54) is 0 Å². The van der Waals surface area contributed by atoms with Gasteiger partial charge in [0.1, 0.15) is 0 Å². The third-order valence-electron chi connectivity index (χ3n) is 2.08. The first-order valence-electron chi connectivity index (χ1n) is 4.31. The van der Waals surface area contributed by atoms with Crippen LogP contribution in [-0.4, -0.2) is 54.0 Å². The van der Waals surface area contributed by atoms with Crippen LogP contribution in [0.1, 0.15) is 13.3 Å². The minimum Gasteiger partial charge on any atom is -0.389 e. The molecule has 1 heterocycles. The minimum atomic E-state index is -3.26. The molecule has 1 saturated heterocycles. The van der Waals surface area contributed by atoms with Crippen LogP contribution in [0.5, 0.6) is 0 Å². The number of nitrogens with zero attached hydrogens (tertiary/aromatic N) is 1. The lowest BCUT2D eigenvalue weighted by Crippen LogP contribution is -2.31. The Bertz CT molecular complexity index is 254. The molecule has 0 aliphatic carbocycles. The average molecular weight is 209 g/mol. The molecule has 0 aromatic carbocycles. The number of rotatable bonds is 3. The van der Waals surface area contributed by atoms with Crippen molar-refractivity contribution in [2.45, 2.75) is 25.6 Å². The van der Waals surface area contributed by atoms with Gasteiger partial charge in [0.15, 0.2) is 0 Å². The Morgan fingerprint density at radius 1 is 1.31 bits per heavy atom. The molecule has 0 aromatic rings. The highest BCUT2D eigenvalue weighted by Gasteiger charge is 2.35. The fourth-order valence-electron chi connectivity index (χ4n) is 1.35. The fourth-order valence-corrected chi connectivity index (χ4v) is 2.88. The molecule has 2 atom stereocenters. The van der Waals surface area contributed by atoms with Gasteiger partial charge in [0.25, 0.3) is 0 Å². The lowest BCUT2D eigenvalue weighted by Gasteiger charge is -2.14. The average Bonchev–Trinajstić information content (AvgIpc) is 2.33. The Labute approximate surface area is 78.0 Å². The van der Waals surface area contributed by atoms with Crippen molar-refractivity contribution in [1.82, 2.24) is 4.31 Å². The molecule has 5 nitrogen and oxygen atoms in total. The van der Waals surface area contributed by atoms with Crippen molar-refractivity contribution < 1.29 is 18.6 Å². The summed E-state index contributed by atoms with van der Waals surface area (Å²) in [7, 11) is -3.26. The van der Waals surface area contributed by atoms with Gasteiger partial charge >= 0.3 is 0 Å². The van der Waals surface area contributed by atoms with E-state index in [-0.39, 0.29) is 18.8 Å². The number of sulfonamides is 1. The van der Waals surface area contributed by atoms with E-state index in [4.69, 9.17) is 10.2 Å². The zero-order chi connectivity index (χ0) is 10.1. The Hall–Kier alpha value is -0.170. The molecule has 0 amide bonds. The van der Waals surface area contributed by atoms with Crippen molar-refractivity contribution in [3.63, 3.8) is 0 Å². The summed E-state index contributed by atoms with van der Waals surface area (Å²) in [5.74, 6) is 0.0758. The lowest BCUT2D eigenvalue weighted by atomic mass is 10.3. The maximum atomic E-state index is 11.4. The van der Waals surface area contributed by atoms with E-state index in [0.717, 1.165) is 4.31 Å². The summed E-state index contributed by atoms with van der Waals surface area (Å²) in [5, 5.41) is 18.3. The van der Waals surface area contributed by atoms with Gasteiger partial charge in [-0.05, 0) is 6.42 Å². The Balaban J connectivity index is 2.65. The van der Waals surface area contributed by atoms with E-state index < -0.39 is 22.2 Å². The molecule has 1 aliphatic rings. The first kappa shape index (κ1) is 10.9. The maximum Gasteiger partial charge on any atom is 0.214 e. The van der Waals surface area contributed by atoms with E-state index in [0.29, 0.717) is 6.42 Å². The lowest BCUT2D eigenvalue weighted by molar-refractivity contribution is 0.0572. The molecule has 0 bridgehead atoms. The second-order valence-electron chi connectivity index (χ2n) is 3.27. The van der Waals surface area contributed by atoms with Crippen LogP contribution in [0.15, 0.2) is 0 Å². The van der Waals surface area contributed by atoms with E-state index in [2.05, 4.69) is 0 Å². The third-order valence-corrected chi connectivity index (χ3v) is 4.09. The first-order chi connectivity index (χ1) is 5.97. The molecule has 0 spiro atoms. The predicted molar refractivity (Wildman–Crippen MR) is 47.7 cm³/mol. The van der Waals surface area contributed by atoms with Gasteiger partial charge in [0.2, 0.25) is 10.0 Å². The molecule has 13 heavy (non-hydrogen) atoms. The number of aliphatic hydroxyl groups is 2. The molecule has 0 radical (unpaired) electrons. The van der Waals surface area contributed by atoms with E-state index in [9.17, 15) is 8.42 Å². The topological polar surface area (TPSA) is 77.8 Å². The molecule has 0 aromatic heterocycles. The highest BCUT2D eigenvalue weighted by Crippen LogP contribution is 2.15. The molecular weight excluding hydrogens is 194 g/mol. The molecule has 0 saturated carbocycles. The normalized spacial score (nSPS) is 31.0. The molecule has 78 valence electrons. The predicted octanol–water partition coefficient (Wildman–Crippen LogP) is -1.24. The minimum absolute atomic E-state index is 0.0174. The van der Waals surface area contributed by atoms with Crippen LogP contribution in [0.3, 0.4) is 0 Å². The second kappa shape index (κ2) is 3.91. The van der Waals surface area contributed by atoms with Crippen LogP contribution in [0.2, 0.25) is 0 Å². The standard InChI is InChI=1S/C7H15NO4S/c1-2-3-13(11,12)8-4-6(9)7(10)5-8/h6-7,9-10H,2-5H2,1H3. The summed E-state index contributed by atoms with van der Waals surface area (Å²) in [4.78, 5) is 0. The van der Waals surface area contributed by atoms with Crippen molar-refractivity contribution in [3.05, 3.63) is 0 Å². The smallest absolute Gasteiger partial charge is 0.214 e. The van der Waals surface area contributed by atoms with Gasteiger partial charge in [-0.3, -0.25) is 0 Å². The number of β-amino-alcohol motifs (C(OH)–C–C–N with tert-alkyl or cyclic N) is 2. The summed E-state index contributed by atoms with van der Waals surface area (Å²) in [5.41, 5.74) is 0. The fraction of sp³-hybridized carbons (Fsp3) is 1.00. The first-order valence-corrected chi connectivity index (χ1v) is 5.92. The van der Waals surface area contributed by atoms with Crippen molar-refractivity contribution in [2.75, 3.05) is 18.8 Å². The Morgan fingerprint density at radius 2 is 1.77 bits per heavy atom. The van der Waals surface area contributed by atoms with Gasteiger partial charge in [-0.25, -0.2) is 8.42 Å². The number of aliphatic hydroxyl groups excluding tert-OH is 2. The second-order valence-corrected chi connectivity index (χ2v) is 5.36. The summed E-state index contributed by atoms with van der Waals surface area (Å²) in [6.45, 7) is 1.81. The van der Waals surface area contributed by atoms with Crippen molar-refractivity contribution in [1.29, 1.82) is 0 Å². The van der Waals surface area contributed by atoms with Crippen LogP contribution in [0.25, 0.3) is 0 Å². The highest BCUT2D eigenvalue weighted by atomic mass is 32.2. The third kappa shape index (κ3) is 2.40. The summed E-state index contributed by atoms with van der Waals surface area (Å²) < 4.78 is 24.0. The summed E-state index contributed by atoms with van der Waals surface area (Å²) >= 11 is 0. The zero-order valence-electron chi connectivity index (χ0n) is 7.55. The van der Waals surface area contributed by atoms with E-state index in [1.807, 2.05) is 0 Å². The van der Waals surface area contributed by atoms with Crippen molar-refractivity contribution in [2.24, 2.45) is 0 Å². The van der Waals surface area contributed by atoms with Gasteiger partial charge in [-0.15, -0.1) is 0 Å². The van der Waals surface area contributed by atoms with Gasteiger partial charge < -0.3 is 10.2 Å². The van der Waals surface area contributed by atoms with E-state index in [1.54, 1.807) is 6.92 Å². The summed E-state index contributed by atoms with van der Waals surface area (Å²) in [6.07, 6.45) is -1.33. The zero-order valence-corrected chi connectivity index (χ0v) is 8.37. The van der Waals surface area contributed by atoms with E-state index >= 15 is 0 Å². The maximum absolute atomic E-state index is 11.4. The molecule has 1 fully saturated rings. The van der Waals surface area contributed by atoms with Crippen LogP contribution >= 0.6 is 0 Å². The number of hydrogen-bond acceptors (Lipinski definition) is 4. The van der Waals surface area contributed by atoms with Crippen LogP contribution in [0.4, 0.5) is 0 Å². The van der Waals surface area contributed by atoms with Crippen LogP contribution in [0, 0.1) is 0 Å². The van der Waals surface area contributed by atoms with Gasteiger partial charge in [0.05, 0.1) is 18.0 Å². The molecule has 2 N–H and O–H groups in total. The summed E-state index contributed by atoms with van der Waals surface area (Å²) in [6, 6.07) is 0. The molecule has 6 heteroatoms. The number of hydrogen-bond donors (Lipinski definition) is 2. The molecule has 2 unspecified atom stereocenters. The van der Waals surface area contributed by atoms with Gasteiger partial charge in [-0.2, -0.15) is 4.31 Å². The molecular formula is C7H15NO4S. The SMILES string of the molecule is CCCS(=O)(=O)N1CC(O)C(O)C1. The largest absolute Gasteiger partial charge is 0.389 e. The molecule has 1 rings (SSSR count). The van der Waals surface area contributed by atoms with Gasteiger partial charge in [-0.1, -0.05) is 6.92 Å². The molecule has 1 aliphatic heterocycles. The van der Waals surface area contributed by atoms with Crippen LogP contribution in [-0.2, 0) is 10.0 Å². The van der Waals surface area contributed by atoms with Crippen molar-refractivity contribution in [3.8, 4) is 0 Å².